The average Bonchev–Trinajstić information content (AvgIpc) is 2.94. The second-order valence-electron chi connectivity index (χ2n) is 9.42. The van der Waals surface area contributed by atoms with Gasteiger partial charge in [-0.3, -0.25) is 0 Å². The second kappa shape index (κ2) is 13.4. The van der Waals surface area contributed by atoms with Crippen LogP contribution in [0.25, 0.3) is 5.70 Å². The summed E-state index contributed by atoms with van der Waals surface area (Å²) < 4.78 is 12.2. The number of para-hydroxylation sites is 1. The standard InChI is InChI=1S/C33H37N3O2/c1-25-10-8-13-28(20-25)24-37-32-15-7-6-14-30(32)22-36(19-9-18-34)26(2)29-16-17-33(31(35)21-29)38-23-27-11-4-3-5-12-27/h3-8,10-17,20-21H,2,9,18-19,22-24,34-35H2,1H3. The van der Waals surface area contributed by atoms with E-state index in [1.54, 1.807) is 0 Å². The third kappa shape index (κ3) is 7.40. The van der Waals surface area contributed by atoms with Crippen molar-refractivity contribution < 1.29 is 9.47 Å². The molecular formula is C33H37N3O2. The van der Waals surface area contributed by atoms with E-state index in [1.807, 2.05) is 66.7 Å². The first kappa shape index (κ1) is 26.8. The Morgan fingerprint density at radius 2 is 1.50 bits per heavy atom. The van der Waals surface area contributed by atoms with E-state index in [-0.39, 0.29) is 0 Å². The molecule has 0 atom stereocenters. The summed E-state index contributed by atoms with van der Waals surface area (Å²) in [5.41, 5.74) is 19.2. The molecule has 4 aromatic rings. The van der Waals surface area contributed by atoms with Gasteiger partial charge in [-0.05, 0) is 60.8 Å². The zero-order valence-corrected chi connectivity index (χ0v) is 22.1. The highest BCUT2D eigenvalue weighted by molar-refractivity contribution is 5.68. The lowest BCUT2D eigenvalue weighted by Crippen LogP contribution is -2.24. The number of benzene rings is 4. The normalized spacial score (nSPS) is 10.7. The molecule has 0 unspecified atom stereocenters. The molecule has 0 saturated carbocycles. The number of aryl methyl sites for hydroxylation is 1. The maximum atomic E-state index is 6.38. The number of hydrogen-bond donors (Lipinski definition) is 2. The van der Waals surface area contributed by atoms with Crippen LogP contribution in [0.4, 0.5) is 5.69 Å². The first-order valence-corrected chi connectivity index (χ1v) is 13.0. The number of ether oxygens (including phenoxy) is 2. The fourth-order valence-electron chi connectivity index (χ4n) is 4.31. The first-order valence-electron chi connectivity index (χ1n) is 13.0. The molecule has 0 aliphatic heterocycles. The highest BCUT2D eigenvalue weighted by atomic mass is 16.5. The summed E-state index contributed by atoms with van der Waals surface area (Å²) in [6.45, 7) is 9.51. The minimum Gasteiger partial charge on any atom is -0.489 e. The molecule has 0 fully saturated rings. The molecule has 0 aromatic heterocycles. The van der Waals surface area contributed by atoms with E-state index < -0.39 is 0 Å². The van der Waals surface area contributed by atoms with Crippen LogP contribution in [0.2, 0.25) is 0 Å². The molecule has 5 nitrogen and oxygen atoms in total. The van der Waals surface area contributed by atoms with Crippen LogP contribution >= 0.6 is 0 Å². The topological polar surface area (TPSA) is 73.7 Å². The minimum atomic E-state index is 0.466. The summed E-state index contributed by atoms with van der Waals surface area (Å²) in [4.78, 5) is 2.24. The maximum Gasteiger partial charge on any atom is 0.142 e. The van der Waals surface area contributed by atoms with Crippen LogP contribution in [0, 0.1) is 6.92 Å². The summed E-state index contributed by atoms with van der Waals surface area (Å²) in [5.74, 6) is 1.53. The van der Waals surface area contributed by atoms with Crippen molar-refractivity contribution in [2.24, 2.45) is 5.73 Å². The first-order chi connectivity index (χ1) is 18.5. The molecule has 4 aromatic carbocycles. The predicted molar refractivity (Wildman–Crippen MR) is 157 cm³/mol. The second-order valence-corrected chi connectivity index (χ2v) is 9.42. The Morgan fingerprint density at radius 1 is 0.789 bits per heavy atom. The SMILES string of the molecule is C=C(c1ccc(OCc2ccccc2)c(N)c1)N(CCCN)Cc1ccccc1OCc1cccc(C)c1. The lowest BCUT2D eigenvalue weighted by Gasteiger charge is -2.28. The van der Waals surface area contributed by atoms with Gasteiger partial charge in [0.05, 0.1) is 5.69 Å². The molecule has 4 rings (SSSR count). The molecule has 0 bridgehead atoms. The van der Waals surface area contributed by atoms with Crippen molar-refractivity contribution in [3.05, 3.63) is 131 Å². The molecule has 0 aliphatic rings. The summed E-state index contributed by atoms with van der Waals surface area (Å²) in [6, 6.07) is 32.4. The predicted octanol–water partition coefficient (Wildman–Crippen LogP) is 6.56. The number of hydrogen-bond acceptors (Lipinski definition) is 5. The van der Waals surface area contributed by atoms with Gasteiger partial charge >= 0.3 is 0 Å². The fourth-order valence-corrected chi connectivity index (χ4v) is 4.31. The molecule has 5 heteroatoms. The van der Waals surface area contributed by atoms with E-state index >= 15 is 0 Å². The van der Waals surface area contributed by atoms with E-state index in [2.05, 4.69) is 48.7 Å². The molecule has 196 valence electrons. The summed E-state index contributed by atoms with van der Waals surface area (Å²) in [6.07, 6.45) is 0.846. The number of nitrogens with two attached hydrogens (primary N) is 2. The molecule has 0 aliphatic carbocycles. The Bertz CT molecular complexity index is 1340. The van der Waals surface area contributed by atoms with Crippen molar-refractivity contribution in [3.8, 4) is 11.5 Å². The molecule has 0 spiro atoms. The third-order valence-corrected chi connectivity index (χ3v) is 6.40. The number of nitrogen functional groups attached to an aromatic ring is 1. The van der Waals surface area contributed by atoms with Gasteiger partial charge in [-0.2, -0.15) is 0 Å². The number of rotatable bonds is 13. The Morgan fingerprint density at radius 3 is 2.26 bits per heavy atom. The molecule has 0 saturated heterocycles. The lowest BCUT2D eigenvalue weighted by atomic mass is 10.1. The van der Waals surface area contributed by atoms with Gasteiger partial charge in [0.2, 0.25) is 0 Å². The number of anilines is 1. The molecule has 0 amide bonds. The molecule has 4 N–H and O–H groups in total. The monoisotopic (exact) mass is 507 g/mol. The molecule has 38 heavy (non-hydrogen) atoms. The number of nitrogens with zero attached hydrogens (tertiary/aromatic N) is 1. The fraction of sp³-hybridized carbons (Fsp3) is 0.212. The lowest BCUT2D eigenvalue weighted by molar-refractivity contribution is 0.295. The van der Waals surface area contributed by atoms with Gasteiger partial charge in [0.25, 0.3) is 0 Å². The van der Waals surface area contributed by atoms with Crippen molar-refractivity contribution in [3.63, 3.8) is 0 Å². The van der Waals surface area contributed by atoms with Gasteiger partial charge in [-0.1, -0.05) is 84.9 Å². The third-order valence-electron chi connectivity index (χ3n) is 6.40. The quantitative estimate of drug-likeness (QED) is 0.201. The highest BCUT2D eigenvalue weighted by Crippen LogP contribution is 2.30. The highest BCUT2D eigenvalue weighted by Gasteiger charge is 2.15. The Hall–Kier alpha value is -4.22. The maximum absolute atomic E-state index is 6.38. The molecular weight excluding hydrogens is 470 g/mol. The smallest absolute Gasteiger partial charge is 0.142 e. The zero-order valence-electron chi connectivity index (χ0n) is 22.1. The van der Waals surface area contributed by atoms with Crippen LogP contribution in [0.15, 0.2) is 104 Å². The average molecular weight is 508 g/mol. The van der Waals surface area contributed by atoms with Crippen LogP contribution in [0.3, 0.4) is 0 Å². The van der Waals surface area contributed by atoms with Gasteiger partial charge in [-0.15, -0.1) is 0 Å². The van der Waals surface area contributed by atoms with Crippen LogP contribution in [-0.4, -0.2) is 18.0 Å². The Labute approximate surface area is 226 Å². The van der Waals surface area contributed by atoms with Gasteiger partial charge in [0.1, 0.15) is 24.7 Å². The Balaban J connectivity index is 1.47. The van der Waals surface area contributed by atoms with E-state index in [4.69, 9.17) is 20.9 Å². The largest absolute Gasteiger partial charge is 0.489 e. The summed E-state index contributed by atoms with van der Waals surface area (Å²) in [7, 11) is 0. The van der Waals surface area contributed by atoms with Crippen molar-refractivity contribution in [1.82, 2.24) is 4.90 Å². The van der Waals surface area contributed by atoms with E-state index in [1.165, 1.54) is 5.56 Å². The van der Waals surface area contributed by atoms with Gasteiger partial charge < -0.3 is 25.8 Å². The van der Waals surface area contributed by atoms with E-state index in [9.17, 15) is 0 Å². The summed E-state index contributed by atoms with van der Waals surface area (Å²) in [5, 5.41) is 0. The van der Waals surface area contributed by atoms with E-state index in [0.29, 0.717) is 37.7 Å². The van der Waals surface area contributed by atoms with Crippen LogP contribution in [0.1, 0.15) is 34.2 Å². The minimum absolute atomic E-state index is 0.466. The van der Waals surface area contributed by atoms with Crippen molar-refractivity contribution >= 4 is 11.4 Å². The molecule has 0 heterocycles. The summed E-state index contributed by atoms with van der Waals surface area (Å²) >= 11 is 0. The van der Waals surface area contributed by atoms with Crippen LogP contribution in [-0.2, 0) is 19.8 Å². The van der Waals surface area contributed by atoms with Gasteiger partial charge in [-0.25, -0.2) is 0 Å². The van der Waals surface area contributed by atoms with Crippen molar-refractivity contribution in [1.29, 1.82) is 0 Å². The van der Waals surface area contributed by atoms with Crippen LogP contribution < -0.4 is 20.9 Å². The Kier molecular flexibility index (Phi) is 9.43. The molecule has 0 radical (unpaired) electrons. The zero-order chi connectivity index (χ0) is 26.7. The van der Waals surface area contributed by atoms with Crippen LogP contribution in [0.5, 0.6) is 11.5 Å². The van der Waals surface area contributed by atoms with Crippen molar-refractivity contribution in [2.75, 3.05) is 18.8 Å². The van der Waals surface area contributed by atoms with Crippen molar-refractivity contribution in [2.45, 2.75) is 33.1 Å². The van der Waals surface area contributed by atoms with E-state index in [0.717, 1.165) is 46.7 Å². The van der Waals surface area contributed by atoms with Gasteiger partial charge in [0.15, 0.2) is 0 Å². The van der Waals surface area contributed by atoms with Gasteiger partial charge in [0, 0.05) is 24.4 Å².